The van der Waals surface area contributed by atoms with E-state index in [1.54, 1.807) is 0 Å². The Morgan fingerprint density at radius 2 is 2.00 bits per heavy atom. The van der Waals surface area contributed by atoms with Crippen molar-refractivity contribution in [2.45, 2.75) is 26.7 Å². The average Bonchev–Trinajstić information content (AvgIpc) is 3.38. The summed E-state index contributed by atoms with van der Waals surface area (Å²) in [6.45, 7) is 8.32. The lowest BCUT2D eigenvalue weighted by Crippen LogP contribution is -2.33. The summed E-state index contributed by atoms with van der Waals surface area (Å²) in [4.78, 5) is 31.7. The number of primary amides is 1. The Morgan fingerprint density at radius 3 is 2.63 bits per heavy atom. The van der Waals surface area contributed by atoms with Crippen LogP contribution in [-0.2, 0) is 0 Å². The summed E-state index contributed by atoms with van der Waals surface area (Å²) in [6.07, 6.45) is 2.42. The number of carbonyl (C=O) groups is 1. The van der Waals surface area contributed by atoms with Crippen molar-refractivity contribution in [3.8, 4) is 17.0 Å². The minimum Gasteiger partial charge on any atom is -0.493 e. The Bertz CT molecular complexity index is 1120. The molecule has 30 heavy (non-hydrogen) atoms. The molecule has 1 amide bonds. The molecule has 1 aromatic carbocycles. The van der Waals surface area contributed by atoms with Crippen molar-refractivity contribution in [2.75, 3.05) is 26.2 Å². The van der Waals surface area contributed by atoms with Gasteiger partial charge in [0.1, 0.15) is 11.4 Å². The standard InChI is InChI=1S/C23H27N4O3/c1-3-27(4-2)13-23(9-10-23)14-30-16-5-7-18-15(11-16)12-20(25-18)17-6-8-19(21(24)28)26-22(17)29/h5-7,11-12,25H,3-4,9-10,13-14H2,1-2H3,(H2,24,28)(H,26,29). The van der Waals surface area contributed by atoms with Crippen LogP contribution in [0.5, 0.6) is 5.75 Å². The Balaban J connectivity index is 1.51. The fourth-order valence-electron chi connectivity index (χ4n) is 3.79. The Kier molecular flexibility index (Phi) is 5.39. The third-order valence-corrected chi connectivity index (χ3v) is 5.93. The third kappa shape index (κ3) is 4.11. The predicted molar refractivity (Wildman–Crippen MR) is 117 cm³/mol. The molecule has 157 valence electrons. The molecule has 1 radical (unpaired) electrons. The first-order valence-corrected chi connectivity index (χ1v) is 10.4. The van der Waals surface area contributed by atoms with E-state index in [2.05, 4.69) is 34.8 Å². The summed E-state index contributed by atoms with van der Waals surface area (Å²) in [5.74, 6) is 0.106. The first-order valence-electron chi connectivity index (χ1n) is 10.4. The number of nitrogens with two attached hydrogens (primary N) is 1. The lowest BCUT2D eigenvalue weighted by atomic mass is 10.1. The van der Waals surface area contributed by atoms with Crippen LogP contribution >= 0.6 is 0 Å². The van der Waals surface area contributed by atoms with Crippen LogP contribution in [0, 0.1) is 11.5 Å². The first kappa shape index (κ1) is 20.2. The monoisotopic (exact) mass is 407 g/mol. The van der Waals surface area contributed by atoms with Crippen molar-refractivity contribution in [1.82, 2.24) is 14.9 Å². The number of aromatic nitrogens is 2. The van der Waals surface area contributed by atoms with Crippen molar-refractivity contribution >= 4 is 16.8 Å². The zero-order chi connectivity index (χ0) is 21.3. The molecule has 2 heterocycles. The number of amides is 1. The quantitative estimate of drug-likeness (QED) is 0.507. The summed E-state index contributed by atoms with van der Waals surface area (Å²) >= 11 is 0. The van der Waals surface area contributed by atoms with Gasteiger partial charge < -0.3 is 25.3 Å². The molecule has 1 fully saturated rings. The van der Waals surface area contributed by atoms with E-state index in [0.29, 0.717) is 11.3 Å². The number of benzene rings is 1. The van der Waals surface area contributed by atoms with E-state index in [0.717, 1.165) is 42.9 Å². The van der Waals surface area contributed by atoms with Gasteiger partial charge in [-0.2, -0.15) is 0 Å². The summed E-state index contributed by atoms with van der Waals surface area (Å²) in [5.41, 5.74) is 6.99. The van der Waals surface area contributed by atoms with Crippen LogP contribution in [0.15, 0.2) is 35.1 Å². The molecule has 4 rings (SSSR count). The maximum absolute atomic E-state index is 12.3. The second kappa shape index (κ2) is 7.99. The molecule has 0 atom stereocenters. The number of ether oxygens (including phenoxy) is 1. The van der Waals surface area contributed by atoms with E-state index < -0.39 is 11.5 Å². The Hall–Kier alpha value is -3.06. The highest BCUT2D eigenvalue weighted by atomic mass is 16.5. The number of hydrogen-bond acceptors (Lipinski definition) is 4. The molecule has 1 saturated carbocycles. The van der Waals surface area contributed by atoms with Crippen molar-refractivity contribution in [1.29, 1.82) is 0 Å². The molecule has 4 N–H and O–H groups in total. The molecule has 1 aliphatic carbocycles. The smallest absolute Gasteiger partial charge is 0.265 e. The lowest BCUT2D eigenvalue weighted by Gasteiger charge is -2.25. The normalized spacial score (nSPS) is 14.9. The topological polar surface area (TPSA) is 104 Å². The molecule has 1 aliphatic rings. The molecule has 0 aliphatic heterocycles. The molecular weight excluding hydrogens is 380 g/mol. The second-order valence-electron chi connectivity index (χ2n) is 8.08. The van der Waals surface area contributed by atoms with Crippen molar-refractivity contribution in [3.05, 3.63) is 52.4 Å². The van der Waals surface area contributed by atoms with Crippen LogP contribution in [0.1, 0.15) is 37.2 Å². The molecule has 0 saturated heterocycles. The second-order valence-corrected chi connectivity index (χ2v) is 8.08. The van der Waals surface area contributed by atoms with Crippen molar-refractivity contribution < 1.29 is 9.53 Å². The number of nitrogens with zero attached hydrogens (tertiary/aromatic N) is 1. The van der Waals surface area contributed by atoms with Gasteiger partial charge in [0.2, 0.25) is 0 Å². The summed E-state index contributed by atoms with van der Waals surface area (Å²) in [7, 11) is 0. The van der Waals surface area contributed by atoms with E-state index >= 15 is 0 Å². The third-order valence-electron chi connectivity index (χ3n) is 5.93. The van der Waals surface area contributed by atoms with Gasteiger partial charge in [0.15, 0.2) is 0 Å². The molecule has 0 unspecified atom stereocenters. The molecule has 0 bridgehead atoms. The van der Waals surface area contributed by atoms with Gasteiger partial charge in [-0.15, -0.1) is 0 Å². The Morgan fingerprint density at radius 1 is 1.23 bits per heavy atom. The van der Waals surface area contributed by atoms with Crippen molar-refractivity contribution in [2.24, 2.45) is 11.1 Å². The lowest BCUT2D eigenvalue weighted by molar-refractivity contribution is 0.0995. The van der Waals surface area contributed by atoms with Crippen LogP contribution in [0.4, 0.5) is 0 Å². The Labute approximate surface area is 175 Å². The van der Waals surface area contributed by atoms with E-state index in [1.807, 2.05) is 24.3 Å². The number of aromatic amines is 2. The van der Waals surface area contributed by atoms with E-state index in [4.69, 9.17) is 10.5 Å². The molecule has 7 heteroatoms. The fraction of sp³-hybridized carbons (Fsp3) is 0.391. The number of rotatable bonds is 9. The largest absolute Gasteiger partial charge is 0.493 e. The number of H-pyrrole nitrogens is 2. The fourth-order valence-corrected chi connectivity index (χ4v) is 3.79. The minimum atomic E-state index is -0.716. The average molecular weight is 407 g/mol. The highest BCUT2D eigenvalue weighted by Crippen LogP contribution is 2.46. The van der Waals surface area contributed by atoms with Crippen LogP contribution in [0.25, 0.3) is 22.2 Å². The van der Waals surface area contributed by atoms with Gasteiger partial charge >= 0.3 is 0 Å². The van der Waals surface area contributed by atoms with E-state index in [9.17, 15) is 9.59 Å². The highest BCUT2D eigenvalue weighted by molar-refractivity contribution is 5.91. The summed E-state index contributed by atoms with van der Waals surface area (Å²) in [5, 5.41) is 0.953. The first-order chi connectivity index (χ1) is 14.4. The van der Waals surface area contributed by atoms with Gasteiger partial charge in [-0.1, -0.05) is 13.8 Å². The van der Waals surface area contributed by atoms with Gasteiger partial charge in [0.25, 0.3) is 11.5 Å². The van der Waals surface area contributed by atoms with Gasteiger partial charge in [-0.05, 0) is 56.3 Å². The van der Waals surface area contributed by atoms with Gasteiger partial charge in [-0.3, -0.25) is 9.59 Å². The molecule has 7 nitrogen and oxygen atoms in total. The van der Waals surface area contributed by atoms with Crippen LogP contribution in [0.2, 0.25) is 0 Å². The molecule has 0 spiro atoms. The van der Waals surface area contributed by atoms with Crippen LogP contribution < -0.4 is 16.0 Å². The molecular formula is C23H27N4O3. The van der Waals surface area contributed by atoms with E-state index in [1.165, 1.54) is 18.9 Å². The SMILES string of the molecule is CCN(CC)CC1(COc2ccc3[nH]c(-c4c[c]c(C(N)=O)[nH]c4=O)cc3c2)CC1. The van der Waals surface area contributed by atoms with E-state index in [-0.39, 0.29) is 11.1 Å². The zero-order valence-electron chi connectivity index (χ0n) is 17.4. The summed E-state index contributed by atoms with van der Waals surface area (Å²) in [6, 6.07) is 12.0. The molecule has 3 aromatic rings. The van der Waals surface area contributed by atoms with Gasteiger partial charge in [0.05, 0.1) is 17.9 Å². The number of fused-ring (bicyclic) bond motifs is 1. The van der Waals surface area contributed by atoms with Crippen LogP contribution in [0.3, 0.4) is 0 Å². The number of nitrogens with one attached hydrogen (secondary N) is 2. The minimum absolute atomic E-state index is 0.0331. The number of carbonyl (C=O) groups excluding carboxylic acids is 1. The number of pyridine rings is 1. The number of hydrogen-bond donors (Lipinski definition) is 3. The maximum atomic E-state index is 12.3. The highest BCUT2D eigenvalue weighted by Gasteiger charge is 2.44. The van der Waals surface area contributed by atoms with Crippen LogP contribution in [-0.4, -0.2) is 47.0 Å². The van der Waals surface area contributed by atoms with Gasteiger partial charge in [-0.25, -0.2) is 0 Å². The zero-order valence-corrected chi connectivity index (χ0v) is 17.4. The maximum Gasteiger partial charge on any atom is 0.265 e. The predicted octanol–water partition coefficient (Wildman–Crippen LogP) is 2.92. The molecule has 2 aromatic heterocycles. The van der Waals surface area contributed by atoms with Crippen molar-refractivity contribution in [3.63, 3.8) is 0 Å². The van der Waals surface area contributed by atoms with Gasteiger partial charge in [0, 0.05) is 28.9 Å². The summed E-state index contributed by atoms with van der Waals surface area (Å²) < 4.78 is 6.15.